The Morgan fingerprint density at radius 2 is 1.92 bits per heavy atom. The number of aromatic nitrogens is 2. The lowest BCUT2D eigenvalue weighted by molar-refractivity contribution is 0.118. The fourth-order valence-corrected chi connectivity index (χ4v) is 2.47. The van der Waals surface area contributed by atoms with E-state index in [9.17, 15) is 9.59 Å². The minimum atomic E-state index is -0.477. The van der Waals surface area contributed by atoms with Crippen molar-refractivity contribution in [3.8, 4) is 11.4 Å². The number of H-pyrrole nitrogens is 1. The topological polar surface area (TPSA) is 93.3 Å². The van der Waals surface area contributed by atoms with E-state index >= 15 is 0 Å². The first-order valence-electron chi connectivity index (χ1n) is 8.15. The lowest BCUT2D eigenvalue weighted by atomic mass is 10.1. The van der Waals surface area contributed by atoms with Crippen LogP contribution in [0.15, 0.2) is 53.3 Å². The first-order chi connectivity index (χ1) is 12.7. The molecule has 0 radical (unpaired) electrons. The number of aromatic amines is 1. The highest BCUT2D eigenvalue weighted by atomic mass is 16.5. The zero-order valence-electron chi connectivity index (χ0n) is 14.3. The van der Waals surface area contributed by atoms with Gasteiger partial charge in [-0.25, -0.2) is 9.78 Å². The van der Waals surface area contributed by atoms with Crippen molar-refractivity contribution in [2.45, 2.75) is 6.61 Å². The summed E-state index contributed by atoms with van der Waals surface area (Å²) in [6.45, 7) is 1.19. The van der Waals surface area contributed by atoms with Gasteiger partial charge in [0.15, 0.2) is 0 Å². The number of nitrogens with zero attached hydrogens (tertiary/aromatic N) is 1. The van der Waals surface area contributed by atoms with Gasteiger partial charge in [0, 0.05) is 12.1 Å². The van der Waals surface area contributed by atoms with Crippen molar-refractivity contribution in [1.82, 2.24) is 15.3 Å². The molecule has 0 aliphatic carbocycles. The van der Waals surface area contributed by atoms with Gasteiger partial charge in [-0.3, -0.25) is 4.79 Å². The van der Waals surface area contributed by atoms with Gasteiger partial charge in [0.05, 0.1) is 31.2 Å². The Hall–Kier alpha value is -3.19. The van der Waals surface area contributed by atoms with Gasteiger partial charge in [-0.1, -0.05) is 36.4 Å². The number of fused-ring (bicyclic) bond motifs is 1. The Bertz CT molecular complexity index is 951. The Balaban J connectivity index is 1.63. The number of benzene rings is 2. The molecule has 1 heterocycles. The Morgan fingerprint density at radius 3 is 2.69 bits per heavy atom. The minimum absolute atomic E-state index is 0.156. The quantitative estimate of drug-likeness (QED) is 0.664. The van der Waals surface area contributed by atoms with Crippen LogP contribution in [0.4, 0.5) is 4.79 Å². The van der Waals surface area contributed by atoms with Crippen LogP contribution in [0, 0.1) is 0 Å². The molecule has 3 rings (SSSR count). The van der Waals surface area contributed by atoms with Gasteiger partial charge in [0.25, 0.3) is 5.56 Å². The van der Waals surface area contributed by atoms with E-state index in [1.54, 1.807) is 6.07 Å². The molecular formula is C19H19N3O4. The van der Waals surface area contributed by atoms with E-state index in [1.165, 1.54) is 7.11 Å². The summed E-state index contributed by atoms with van der Waals surface area (Å²) >= 11 is 0. The number of amides is 1. The smallest absolute Gasteiger partial charge is 0.406 e. The summed E-state index contributed by atoms with van der Waals surface area (Å²) in [5.74, 6) is 0.531. The fourth-order valence-electron chi connectivity index (χ4n) is 2.47. The molecule has 26 heavy (non-hydrogen) atoms. The molecule has 2 N–H and O–H groups in total. The van der Waals surface area contributed by atoms with Crippen molar-refractivity contribution < 1.29 is 14.3 Å². The van der Waals surface area contributed by atoms with Crippen molar-refractivity contribution in [2.24, 2.45) is 0 Å². The predicted molar refractivity (Wildman–Crippen MR) is 97.9 cm³/mol. The van der Waals surface area contributed by atoms with Crippen molar-refractivity contribution in [3.05, 3.63) is 64.4 Å². The summed E-state index contributed by atoms with van der Waals surface area (Å²) in [4.78, 5) is 30.4. The molecule has 0 bridgehead atoms. The van der Waals surface area contributed by atoms with E-state index in [0.717, 1.165) is 11.1 Å². The van der Waals surface area contributed by atoms with Crippen LogP contribution in [-0.4, -0.2) is 36.3 Å². The second-order valence-electron chi connectivity index (χ2n) is 5.60. The van der Waals surface area contributed by atoms with Gasteiger partial charge in [0.1, 0.15) is 5.82 Å². The van der Waals surface area contributed by atoms with Crippen LogP contribution in [0.1, 0.15) is 5.56 Å². The third kappa shape index (κ3) is 4.25. The van der Waals surface area contributed by atoms with E-state index in [2.05, 4.69) is 20.0 Å². The highest BCUT2D eigenvalue weighted by Crippen LogP contribution is 2.17. The van der Waals surface area contributed by atoms with E-state index in [1.807, 2.05) is 42.5 Å². The van der Waals surface area contributed by atoms with Crippen molar-refractivity contribution in [3.63, 3.8) is 0 Å². The highest BCUT2D eigenvalue weighted by Gasteiger charge is 2.05. The van der Waals surface area contributed by atoms with Gasteiger partial charge in [-0.15, -0.1) is 0 Å². The Labute approximate surface area is 150 Å². The fraction of sp³-hybridized carbons (Fsp3) is 0.211. The van der Waals surface area contributed by atoms with E-state index in [-0.39, 0.29) is 5.56 Å². The number of hydrogen-bond donors (Lipinski definition) is 2. The lowest BCUT2D eigenvalue weighted by Gasteiger charge is -2.07. The van der Waals surface area contributed by atoms with Crippen LogP contribution in [0.25, 0.3) is 22.3 Å². The van der Waals surface area contributed by atoms with Crippen LogP contribution < -0.4 is 10.9 Å². The molecule has 1 aromatic heterocycles. The number of nitrogens with one attached hydrogen (secondary N) is 2. The summed E-state index contributed by atoms with van der Waals surface area (Å²) in [5.41, 5.74) is 2.31. The predicted octanol–water partition coefficient (Wildman–Crippen LogP) is 2.46. The molecule has 0 atom stereocenters. The van der Waals surface area contributed by atoms with Crippen molar-refractivity contribution in [2.75, 3.05) is 20.3 Å². The van der Waals surface area contributed by atoms with Crippen LogP contribution in [0.2, 0.25) is 0 Å². The second kappa shape index (κ2) is 8.26. The number of methoxy groups -OCH3 is 1. The SMILES string of the molecule is COC(=O)NCCOCc1ccc(-c2nc3ccccc3c(=O)[nH]2)cc1. The second-order valence-corrected chi connectivity index (χ2v) is 5.60. The van der Waals surface area contributed by atoms with E-state index in [0.29, 0.717) is 36.5 Å². The normalized spacial score (nSPS) is 10.7. The first-order valence-corrected chi connectivity index (χ1v) is 8.15. The van der Waals surface area contributed by atoms with Crippen molar-refractivity contribution >= 4 is 17.0 Å². The van der Waals surface area contributed by atoms with Crippen molar-refractivity contribution in [1.29, 1.82) is 0 Å². The third-order valence-electron chi connectivity index (χ3n) is 3.81. The molecule has 7 heteroatoms. The van der Waals surface area contributed by atoms with Gasteiger partial charge >= 0.3 is 6.09 Å². The molecule has 7 nitrogen and oxygen atoms in total. The lowest BCUT2D eigenvalue weighted by Crippen LogP contribution is -2.26. The largest absolute Gasteiger partial charge is 0.453 e. The molecule has 0 aliphatic rings. The third-order valence-corrected chi connectivity index (χ3v) is 3.81. The number of rotatable bonds is 6. The molecule has 3 aromatic rings. The number of ether oxygens (including phenoxy) is 2. The summed E-state index contributed by atoms with van der Waals surface area (Å²) in [6, 6.07) is 14.8. The van der Waals surface area contributed by atoms with Gasteiger partial charge in [-0.2, -0.15) is 0 Å². The number of para-hydroxylation sites is 1. The molecule has 134 valence electrons. The zero-order valence-corrected chi connectivity index (χ0v) is 14.3. The minimum Gasteiger partial charge on any atom is -0.453 e. The molecule has 0 saturated carbocycles. The molecular weight excluding hydrogens is 334 g/mol. The van der Waals surface area contributed by atoms with Crippen LogP contribution in [0.5, 0.6) is 0 Å². The summed E-state index contributed by atoms with van der Waals surface area (Å²) in [6.07, 6.45) is -0.477. The molecule has 0 unspecified atom stereocenters. The zero-order chi connectivity index (χ0) is 18.4. The molecule has 0 aliphatic heterocycles. The summed E-state index contributed by atoms with van der Waals surface area (Å²) in [7, 11) is 1.31. The Kier molecular flexibility index (Phi) is 5.60. The Morgan fingerprint density at radius 1 is 1.15 bits per heavy atom. The first kappa shape index (κ1) is 17.6. The highest BCUT2D eigenvalue weighted by molar-refractivity contribution is 5.79. The maximum atomic E-state index is 12.2. The van der Waals surface area contributed by atoms with Crippen LogP contribution in [0.3, 0.4) is 0 Å². The number of alkyl carbamates (subject to hydrolysis) is 1. The maximum absolute atomic E-state index is 12.2. The average Bonchev–Trinajstić information content (AvgIpc) is 2.68. The average molecular weight is 353 g/mol. The van der Waals surface area contributed by atoms with E-state index < -0.39 is 6.09 Å². The molecule has 2 aromatic carbocycles. The monoisotopic (exact) mass is 353 g/mol. The number of carbonyl (C=O) groups is 1. The van der Waals surface area contributed by atoms with Crippen LogP contribution >= 0.6 is 0 Å². The van der Waals surface area contributed by atoms with Crippen LogP contribution in [-0.2, 0) is 16.1 Å². The molecule has 0 fully saturated rings. The number of hydrogen-bond acceptors (Lipinski definition) is 5. The summed E-state index contributed by atoms with van der Waals surface area (Å²) < 4.78 is 9.96. The van der Waals surface area contributed by atoms with Gasteiger partial charge in [0.2, 0.25) is 0 Å². The summed E-state index contributed by atoms with van der Waals surface area (Å²) in [5, 5.41) is 3.11. The van der Waals surface area contributed by atoms with Gasteiger partial charge < -0.3 is 19.8 Å². The molecule has 0 spiro atoms. The van der Waals surface area contributed by atoms with Gasteiger partial charge in [-0.05, 0) is 17.7 Å². The standard InChI is InChI=1S/C19H19N3O4/c1-25-19(24)20-10-11-26-12-13-6-8-14(9-7-13)17-21-16-5-3-2-4-15(16)18(23)22-17/h2-9H,10-12H2,1H3,(H,20,24)(H,21,22,23). The van der Waals surface area contributed by atoms with E-state index in [4.69, 9.17) is 4.74 Å². The number of carbonyl (C=O) groups excluding carboxylic acids is 1. The molecule has 1 amide bonds. The maximum Gasteiger partial charge on any atom is 0.406 e. The molecule has 0 saturated heterocycles.